The van der Waals surface area contributed by atoms with Crippen molar-refractivity contribution in [2.45, 2.75) is 0 Å². The number of carbonyl (C=O) groups excluding carboxylic acids is 3. The van der Waals surface area contributed by atoms with Crippen molar-refractivity contribution < 1.29 is 14.4 Å². The molecule has 0 atom stereocenters. The van der Waals surface area contributed by atoms with Gasteiger partial charge in [0.05, 0.1) is 0 Å². The van der Waals surface area contributed by atoms with Gasteiger partial charge in [0.25, 0.3) is 11.8 Å². The van der Waals surface area contributed by atoms with Crippen LogP contribution in [0.2, 0.25) is 5.02 Å². The van der Waals surface area contributed by atoms with Crippen LogP contribution >= 0.6 is 11.6 Å². The predicted octanol–water partition coefficient (Wildman–Crippen LogP) is 1.02. The summed E-state index contributed by atoms with van der Waals surface area (Å²) in [4.78, 5) is 37.6. The number of aromatic nitrogens is 1. The lowest BCUT2D eigenvalue weighted by Gasteiger charge is -2.12. The molecule has 1 aliphatic rings. The number of halogens is 1. The van der Waals surface area contributed by atoms with E-state index in [1.807, 2.05) is 0 Å². The van der Waals surface area contributed by atoms with E-state index in [1.165, 1.54) is 0 Å². The van der Waals surface area contributed by atoms with Crippen LogP contribution in [0.25, 0.3) is 10.9 Å². The summed E-state index contributed by atoms with van der Waals surface area (Å²) in [5.74, 6) is -1.09. The van der Waals surface area contributed by atoms with Crippen molar-refractivity contribution in [1.29, 1.82) is 0 Å². The van der Waals surface area contributed by atoms with Crippen LogP contribution < -0.4 is 10.7 Å². The van der Waals surface area contributed by atoms with Crippen molar-refractivity contribution in [3.05, 3.63) is 35.0 Å². The van der Waals surface area contributed by atoms with Crippen molar-refractivity contribution in [3.63, 3.8) is 0 Å². The molecule has 0 aliphatic carbocycles. The SMILES string of the molecule is O=C(NN1C(=O)CNC1=O)c1cc2cc(Cl)ccc2[nH]1. The van der Waals surface area contributed by atoms with E-state index in [4.69, 9.17) is 11.6 Å². The van der Waals surface area contributed by atoms with Gasteiger partial charge in [-0.3, -0.25) is 15.0 Å². The molecule has 3 N–H and O–H groups in total. The summed E-state index contributed by atoms with van der Waals surface area (Å²) in [6.07, 6.45) is 0. The van der Waals surface area contributed by atoms with Crippen LogP contribution in [0.3, 0.4) is 0 Å². The highest BCUT2D eigenvalue weighted by Crippen LogP contribution is 2.20. The van der Waals surface area contributed by atoms with Crippen LogP contribution in [0.15, 0.2) is 24.3 Å². The summed E-state index contributed by atoms with van der Waals surface area (Å²) >= 11 is 5.86. The molecule has 102 valence electrons. The first-order chi connectivity index (χ1) is 9.54. The average Bonchev–Trinajstić information content (AvgIpc) is 2.96. The van der Waals surface area contributed by atoms with Gasteiger partial charge in [-0.05, 0) is 24.3 Å². The molecule has 20 heavy (non-hydrogen) atoms. The highest BCUT2D eigenvalue weighted by atomic mass is 35.5. The van der Waals surface area contributed by atoms with E-state index in [-0.39, 0.29) is 12.2 Å². The second-order valence-electron chi connectivity index (χ2n) is 4.24. The topological polar surface area (TPSA) is 94.3 Å². The highest BCUT2D eigenvalue weighted by Gasteiger charge is 2.30. The van der Waals surface area contributed by atoms with Gasteiger partial charge in [-0.1, -0.05) is 11.6 Å². The summed E-state index contributed by atoms with van der Waals surface area (Å²) in [5, 5.41) is 4.28. The third-order valence-electron chi connectivity index (χ3n) is 2.88. The Balaban J connectivity index is 1.85. The number of hydrazine groups is 1. The standard InChI is InChI=1S/C12H9ClN4O3/c13-7-1-2-8-6(3-7)4-9(15-8)11(19)16-17-10(18)5-14-12(17)20/h1-4,15H,5H2,(H,14,20)(H,16,19). The molecule has 0 saturated carbocycles. The number of hydrogen-bond acceptors (Lipinski definition) is 3. The number of hydrogen-bond donors (Lipinski definition) is 3. The predicted molar refractivity (Wildman–Crippen MR) is 71.0 cm³/mol. The molecule has 1 saturated heterocycles. The number of rotatable bonds is 2. The maximum Gasteiger partial charge on any atom is 0.343 e. The van der Waals surface area contributed by atoms with Crippen LogP contribution in [0.1, 0.15) is 10.5 Å². The Kier molecular flexibility index (Phi) is 2.83. The zero-order valence-electron chi connectivity index (χ0n) is 10.1. The normalized spacial score (nSPS) is 14.8. The van der Waals surface area contributed by atoms with E-state index in [2.05, 4.69) is 15.7 Å². The fourth-order valence-corrected chi connectivity index (χ4v) is 2.10. The van der Waals surface area contributed by atoms with Gasteiger partial charge < -0.3 is 10.3 Å². The number of aromatic amines is 1. The van der Waals surface area contributed by atoms with E-state index >= 15 is 0 Å². The summed E-state index contributed by atoms with van der Waals surface area (Å²) < 4.78 is 0. The highest BCUT2D eigenvalue weighted by molar-refractivity contribution is 6.31. The van der Waals surface area contributed by atoms with Gasteiger partial charge in [0.1, 0.15) is 12.2 Å². The lowest BCUT2D eigenvalue weighted by Crippen LogP contribution is -2.46. The Hall–Kier alpha value is -2.54. The molecule has 0 unspecified atom stereocenters. The third kappa shape index (κ3) is 2.08. The van der Waals surface area contributed by atoms with Gasteiger partial charge in [-0.2, -0.15) is 5.01 Å². The quantitative estimate of drug-likeness (QED) is 0.721. The van der Waals surface area contributed by atoms with E-state index in [9.17, 15) is 14.4 Å². The Morgan fingerprint density at radius 2 is 2.10 bits per heavy atom. The van der Waals surface area contributed by atoms with Crippen molar-refractivity contribution in [2.24, 2.45) is 0 Å². The largest absolute Gasteiger partial charge is 0.350 e. The molecule has 7 nitrogen and oxygen atoms in total. The fraction of sp³-hybridized carbons (Fsp3) is 0.0833. The molecular formula is C12H9ClN4O3. The average molecular weight is 293 g/mol. The third-order valence-corrected chi connectivity index (χ3v) is 3.12. The van der Waals surface area contributed by atoms with Crippen LogP contribution in [0, 0.1) is 0 Å². The molecule has 2 aromatic rings. The lowest BCUT2D eigenvalue weighted by molar-refractivity contribution is -0.126. The number of nitrogens with one attached hydrogen (secondary N) is 3. The van der Waals surface area contributed by atoms with E-state index in [0.29, 0.717) is 10.0 Å². The van der Waals surface area contributed by atoms with Gasteiger partial charge in [-0.25, -0.2) is 4.79 Å². The van der Waals surface area contributed by atoms with Crippen LogP contribution in [-0.2, 0) is 4.79 Å². The summed E-state index contributed by atoms with van der Waals surface area (Å²) in [6, 6.07) is 6.08. The molecule has 0 bridgehead atoms. The number of nitrogens with zero attached hydrogens (tertiary/aromatic N) is 1. The molecule has 2 heterocycles. The van der Waals surface area contributed by atoms with Gasteiger partial charge >= 0.3 is 6.03 Å². The minimum Gasteiger partial charge on any atom is -0.350 e. The van der Waals surface area contributed by atoms with Crippen LogP contribution in [-0.4, -0.2) is 34.4 Å². The number of urea groups is 1. The smallest absolute Gasteiger partial charge is 0.343 e. The number of H-pyrrole nitrogens is 1. The van der Waals surface area contributed by atoms with Crippen LogP contribution in [0.5, 0.6) is 0 Å². The number of imide groups is 1. The molecule has 4 amide bonds. The van der Waals surface area contributed by atoms with E-state index in [1.54, 1.807) is 24.3 Å². The van der Waals surface area contributed by atoms with Gasteiger partial charge in [0.15, 0.2) is 0 Å². The zero-order valence-corrected chi connectivity index (χ0v) is 10.8. The van der Waals surface area contributed by atoms with Gasteiger partial charge in [0, 0.05) is 15.9 Å². The fourth-order valence-electron chi connectivity index (χ4n) is 1.92. The second kappa shape index (κ2) is 4.53. The van der Waals surface area contributed by atoms with E-state index in [0.717, 1.165) is 10.9 Å². The maximum absolute atomic E-state index is 12.0. The first kappa shape index (κ1) is 12.5. The summed E-state index contributed by atoms with van der Waals surface area (Å²) in [6.45, 7) is -0.124. The number of amides is 4. The van der Waals surface area contributed by atoms with Crippen molar-refractivity contribution in [1.82, 2.24) is 20.7 Å². The molecular weight excluding hydrogens is 284 g/mol. The second-order valence-corrected chi connectivity index (χ2v) is 4.68. The summed E-state index contributed by atoms with van der Waals surface area (Å²) in [5.41, 5.74) is 3.20. The first-order valence-corrected chi connectivity index (χ1v) is 6.12. The summed E-state index contributed by atoms with van der Waals surface area (Å²) in [7, 11) is 0. The molecule has 1 aromatic carbocycles. The van der Waals surface area contributed by atoms with Crippen LogP contribution in [0.4, 0.5) is 4.79 Å². The van der Waals surface area contributed by atoms with Crippen molar-refractivity contribution in [3.8, 4) is 0 Å². The number of fused-ring (bicyclic) bond motifs is 1. The molecule has 1 fully saturated rings. The number of carbonyl (C=O) groups is 3. The number of benzene rings is 1. The van der Waals surface area contributed by atoms with Crippen molar-refractivity contribution >= 4 is 40.3 Å². The zero-order chi connectivity index (χ0) is 14.3. The minimum atomic E-state index is -0.650. The molecule has 1 aromatic heterocycles. The lowest BCUT2D eigenvalue weighted by atomic mass is 10.2. The molecule has 0 radical (unpaired) electrons. The monoisotopic (exact) mass is 292 g/mol. The molecule has 3 rings (SSSR count). The Morgan fingerprint density at radius 1 is 1.30 bits per heavy atom. The van der Waals surface area contributed by atoms with E-state index < -0.39 is 17.8 Å². The Morgan fingerprint density at radius 3 is 2.80 bits per heavy atom. The molecule has 8 heteroatoms. The van der Waals surface area contributed by atoms with Crippen molar-refractivity contribution in [2.75, 3.05) is 6.54 Å². The molecule has 1 aliphatic heterocycles. The first-order valence-electron chi connectivity index (χ1n) is 5.74. The Labute approximate surface area is 117 Å². The minimum absolute atomic E-state index is 0.124. The molecule has 0 spiro atoms. The van der Waals surface area contributed by atoms with Gasteiger partial charge in [-0.15, -0.1) is 0 Å². The Bertz CT molecular complexity index is 723. The maximum atomic E-state index is 12.0. The van der Waals surface area contributed by atoms with Gasteiger partial charge in [0.2, 0.25) is 0 Å².